The summed E-state index contributed by atoms with van der Waals surface area (Å²) in [5.74, 6) is 0.217. The molecule has 0 unspecified atom stereocenters. The van der Waals surface area contributed by atoms with Gasteiger partial charge in [-0.15, -0.1) is 0 Å². The Bertz CT molecular complexity index is 853. The quantitative estimate of drug-likeness (QED) is 0.732. The number of hydrogen-bond acceptors (Lipinski definition) is 2. The molecule has 0 aliphatic heterocycles. The highest BCUT2D eigenvalue weighted by molar-refractivity contribution is 6.42. The molecule has 3 amide bonds. The van der Waals surface area contributed by atoms with Gasteiger partial charge in [0.2, 0.25) is 5.91 Å². The molecule has 2 aromatic rings. The smallest absolute Gasteiger partial charge is 0.317 e. The highest BCUT2D eigenvalue weighted by Gasteiger charge is 2.29. The SMILES string of the molecule is CN(Cc1cccc(Cl)c1Cl)C(=O)NCc1cccc(NC(=O)C2CC2)c1. The summed E-state index contributed by atoms with van der Waals surface area (Å²) >= 11 is 12.2. The maximum atomic E-state index is 12.3. The van der Waals surface area contributed by atoms with E-state index in [9.17, 15) is 9.59 Å². The number of rotatable bonds is 6. The molecule has 2 aromatic carbocycles. The van der Waals surface area contributed by atoms with E-state index in [-0.39, 0.29) is 17.9 Å². The number of carbonyl (C=O) groups excluding carboxylic acids is 2. The van der Waals surface area contributed by atoms with Crippen molar-refractivity contribution in [2.24, 2.45) is 5.92 Å². The highest BCUT2D eigenvalue weighted by Crippen LogP contribution is 2.30. The predicted octanol–water partition coefficient (Wildman–Crippen LogP) is 4.68. The molecule has 0 saturated heterocycles. The number of anilines is 1. The molecule has 0 radical (unpaired) electrons. The van der Waals surface area contributed by atoms with Crippen molar-refractivity contribution in [3.8, 4) is 0 Å². The van der Waals surface area contributed by atoms with E-state index in [0.717, 1.165) is 29.7 Å². The van der Waals surface area contributed by atoms with Gasteiger partial charge in [0.05, 0.1) is 10.0 Å². The van der Waals surface area contributed by atoms with Gasteiger partial charge in [0, 0.05) is 31.7 Å². The molecule has 1 fully saturated rings. The van der Waals surface area contributed by atoms with Crippen LogP contribution in [0.4, 0.5) is 10.5 Å². The van der Waals surface area contributed by atoms with Crippen LogP contribution in [0, 0.1) is 5.92 Å². The third-order valence-corrected chi connectivity index (χ3v) is 5.23. The van der Waals surface area contributed by atoms with Crippen LogP contribution in [0.5, 0.6) is 0 Å². The van der Waals surface area contributed by atoms with Gasteiger partial charge < -0.3 is 15.5 Å². The molecule has 0 spiro atoms. The van der Waals surface area contributed by atoms with E-state index in [1.807, 2.05) is 30.3 Å². The first kappa shape index (κ1) is 19.5. The first-order valence-electron chi connectivity index (χ1n) is 8.75. The van der Waals surface area contributed by atoms with Crippen molar-refractivity contribution in [2.45, 2.75) is 25.9 Å². The molecule has 2 N–H and O–H groups in total. The van der Waals surface area contributed by atoms with E-state index in [0.29, 0.717) is 23.1 Å². The van der Waals surface area contributed by atoms with E-state index in [2.05, 4.69) is 10.6 Å². The minimum atomic E-state index is -0.224. The summed E-state index contributed by atoms with van der Waals surface area (Å²) in [4.78, 5) is 25.7. The molecule has 0 atom stereocenters. The van der Waals surface area contributed by atoms with Crippen molar-refractivity contribution < 1.29 is 9.59 Å². The van der Waals surface area contributed by atoms with Crippen molar-refractivity contribution in [3.63, 3.8) is 0 Å². The third kappa shape index (κ3) is 5.37. The summed E-state index contributed by atoms with van der Waals surface area (Å²) in [6.07, 6.45) is 1.93. The van der Waals surface area contributed by atoms with E-state index < -0.39 is 0 Å². The zero-order valence-electron chi connectivity index (χ0n) is 15.0. The van der Waals surface area contributed by atoms with Gasteiger partial charge >= 0.3 is 6.03 Å². The Morgan fingerprint density at radius 3 is 2.63 bits per heavy atom. The van der Waals surface area contributed by atoms with Crippen LogP contribution in [-0.4, -0.2) is 23.9 Å². The van der Waals surface area contributed by atoms with Crippen LogP contribution < -0.4 is 10.6 Å². The first-order chi connectivity index (χ1) is 12.9. The largest absolute Gasteiger partial charge is 0.334 e. The van der Waals surface area contributed by atoms with Crippen LogP contribution in [-0.2, 0) is 17.9 Å². The van der Waals surface area contributed by atoms with Crippen LogP contribution in [0.1, 0.15) is 24.0 Å². The van der Waals surface area contributed by atoms with Gasteiger partial charge in [-0.3, -0.25) is 4.79 Å². The maximum absolute atomic E-state index is 12.3. The normalized spacial score (nSPS) is 13.1. The van der Waals surface area contributed by atoms with Gasteiger partial charge in [-0.1, -0.05) is 47.5 Å². The molecule has 1 aliphatic rings. The molecule has 7 heteroatoms. The highest BCUT2D eigenvalue weighted by atomic mass is 35.5. The number of carbonyl (C=O) groups is 2. The molecule has 1 saturated carbocycles. The molecular formula is C20H21Cl2N3O2. The third-order valence-electron chi connectivity index (χ3n) is 4.37. The van der Waals surface area contributed by atoms with E-state index >= 15 is 0 Å². The van der Waals surface area contributed by atoms with Gasteiger partial charge in [0.25, 0.3) is 0 Å². The second-order valence-corrected chi connectivity index (χ2v) is 7.48. The lowest BCUT2D eigenvalue weighted by Gasteiger charge is -2.19. The Labute approximate surface area is 168 Å². The zero-order chi connectivity index (χ0) is 19.4. The summed E-state index contributed by atoms with van der Waals surface area (Å²) in [5, 5.41) is 6.70. The molecule has 0 aromatic heterocycles. The van der Waals surface area contributed by atoms with Crippen LogP contribution in [0.15, 0.2) is 42.5 Å². The Morgan fingerprint density at radius 1 is 1.15 bits per heavy atom. The van der Waals surface area contributed by atoms with Gasteiger partial charge in [0.1, 0.15) is 0 Å². The Kier molecular flexibility index (Phi) is 6.24. The van der Waals surface area contributed by atoms with Gasteiger partial charge in [-0.05, 0) is 42.2 Å². The summed E-state index contributed by atoms with van der Waals surface area (Å²) in [7, 11) is 1.69. The molecule has 142 valence electrons. The van der Waals surface area contributed by atoms with Gasteiger partial charge in [0.15, 0.2) is 0 Å². The summed E-state index contributed by atoms with van der Waals surface area (Å²) in [5.41, 5.74) is 2.44. The number of nitrogens with one attached hydrogen (secondary N) is 2. The number of urea groups is 1. The molecule has 0 bridgehead atoms. The monoisotopic (exact) mass is 405 g/mol. The minimum absolute atomic E-state index is 0.0642. The Balaban J connectivity index is 1.53. The van der Waals surface area contributed by atoms with E-state index in [1.165, 1.54) is 4.90 Å². The van der Waals surface area contributed by atoms with Crippen LogP contribution >= 0.6 is 23.2 Å². The molecule has 1 aliphatic carbocycles. The fraction of sp³-hybridized carbons (Fsp3) is 0.300. The second-order valence-electron chi connectivity index (χ2n) is 6.69. The zero-order valence-corrected chi connectivity index (χ0v) is 16.5. The molecule has 27 heavy (non-hydrogen) atoms. The minimum Gasteiger partial charge on any atom is -0.334 e. The number of halogens is 2. The Hall–Kier alpha value is -2.24. The standard InChI is InChI=1S/C20H21Cl2N3O2/c1-25(12-15-5-3-7-17(21)18(15)22)20(27)23-11-13-4-2-6-16(10-13)24-19(26)14-8-9-14/h2-7,10,14H,8-9,11-12H2,1H3,(H,23,27)(H,24,26). The second kappa shape index (κ2) is 8.63. The summed E-state index contributed by atoms with van der Waals surface area (Å²) in [6, 6.07) is 12.6. The summed E-state index contributed by atoms with van der Waals surface area (Å²) < 4.78 is 0. The van der Waals surface area contributed by atoms with E-state index in [4.69, 9.17) is 23.2 Å². The maximum Gasteiger partial charge on any atom is 0.317 e. The average molecular weight is 406 g/mol. The van der Waals surface area contributed by atoms with Crippen LogP contribution in [0.2, 0.25) is 10.0 Å². The molecule has 5 nitrogen and oxygen atoms in total. The van der Waals surface area contributed by atoms with Crippen LogP contribution in [0.3, 0.4) is 0 Å². The fourth-order valence-electron chi connectivity index (χ4n) is 2.66. The van der Waals surface area contributed by atoms with Crippen molar-refractivity contribution in [1.82, 2.24) is 10.2 Å². The lowest BCUT2D eigenvalue weighted by Crippen LogP contribution is -2.36. The van der Waals surface area contributed by atoms with E-state index in [1.54, 1.807) is 19.2 Å². The number of benzene rings is 2. The average Bonchev–Trinajstić information content (AvgIpc) is 3.49. The van der Waals surface area contributed by atoms with Crippen molar-refractivity contribution in [1.29, 1.82) is 0 Å². The molecule has 3 rings (SSSR count). The number of nitrogens with zero attached hydrogens (tertiary/aromatic N) is 1. The van der Waals surface area contributed by atoms with Crippen LogP contribution in [0.25, 0.3) is 0 Å². The number of amides is 3. The fourth-order valence-corrected chi connectivity index (χ4v) is 3.04. The predicted molar refractivity (Wildman–Crippen MR) is 108 cm³/mol. The topological polar surface area (TPSA) is 61.4 Å². The van der Waals surface area contributed by atoms with Crippen molar-refractivity contribution >= 4 is 40.8 Å². The summed E-state index contributed by atoms with van der Waals surface area (Å²) in [6.45, 7) is 0.711. The van der Waals surface area contributed by atoms with Gasteiger partial charge in [-0.25, -0.2) is 4.79 Å². The van der Waals surface area contributed by atoms with Crippen molar-refractivity contribution in [3.05, 3.63) is 63.6 Å². The lowest BCUT2D eigenvalue weighted by molar-refractivity contribution is -0.117. The lowest BCUT2D eigenvalue weighted by atomic mass is 10.2. The van der Waals surface area contributed by atoms with Crippen molar-refractivity contribution in [2.75, 3.05) is 12.4 Å². The van der Waals surface area contributed by atoms with Gasteiger partial charge in [-0.2, -0.15) is 0 Å². The molecular weight excluding hydrogens is 385 g/mol. The Morgan fingerprint density at radius 2 is 1.89 bits per heavy atom. The first-order valence-corrected chi connectivity index (χ1v) is 9.51. The number of hydrogen-bond donors (Lipinski definition) is 2. The molecule has 0 heterocycles.